The number of ether oxygens (including phenoxy) is 1. The number of carbonyl (C=O) groups is 3. The molecule has 0 aliphatic carbocycles. The summed E-state index contributed by atoms with van der Waals surface area (Å²) in [7, 11) is 0. The summed E-state index contributed by atoms with van der Waals surface area (Å²) in [5.41, 5.74) is 0.779. The molecule has 2 heterocycles. The Labute approximate surface area is 184 Å². The standard InChI is InChI=1S/C23H34N4O4/c1-3-4-5-6-7-12-23(2)21(29)27(22(30)25-23)17-20(28)24-18-8-10-19(11-9-18)26-13-15-31-16-14-26/h8-11H,3-7,12-17H2,1-2H3,(H,24,28)(H,25,30). The van der Waals surface area contributed by atoms with Crippen molar-refractivity contribution in [2.24, 2.45) is 0 Å². The van der Waals surface area contributed by atoms with Crippen molar-refractivity contribution in [3.8, 4) is 0 Å². The van der Waals surface area contributed by atoms with E-state index in [1.165, 1.54) is 6.42 Å². The van der Waals surface area contributed by atoms with Crippen molar-refractivity contribution in [2.45, 2.75) is 57.9 Å². The van der Waals surface area contributed by atoms with E-state index in [0.29, 0.717) is 25.3 Å². The Morgan fingerprint density at radius 3 is 2.45 bits per heavy atom. The molecule has 0 bridgehead atoms. The fraction of sp³-hybridized carbons (Fsp3) is 0.609. The van der Waals surface area contributed by atoms with Crippen LogP contribution >= 0.6 is 0 Å². The maximum absolute atomic E-state index is 12.8. The molecule has 2 aliphatic heterocycles. The van der Waals surface area contributed by atoms with E-state index in [4.69, 9.17) is 4.74 Å². The molecule has 0 aromatic heterocycles. The minimum absolute atomic E-state index is 0.290. The number of morpholine rings is 1. The first-order valence-electron chi connectivity index (χ1n) is 11.3. The van der Waals surface area contributed by atoms with Gasteiger partial charge < -0.3 is 20.3 Å². The zero-order valence-electron chi connectivity index (χ0n) is 18.6. The van der Waals surface area contributed by atoms with Gasteiger partial charge in [0.2, 0.25) is 5.91 Å². The van der Waals surface area contributed by atoms with Gasteiger partial charge in [-0.3, -0.25) is 14.5 Å². The lowest BCUT2D eigenvalue weighted by atomic mass is 9.94. The lowest BCUT2D eigenvalue weighted by Gasteiger charge is -2.28. The van der Waals surface area contributed by atoms with Crippen LogP contribution in [-0.2, 0) is 14.3 Å². The quantitative estimate of drug-likeness (QED) is 0.440. The van der Waals surface area contributed by atoms with Crippen LogP contribution in [0.3, 0.4) is 0 Å². The van der Waals surface area contributed by atoms with Gasteiger partial charge in [-0.05, 0) is 37.6 Å². The summed E-state index contributed by atoms with van der Waals surface area (Å²) < 4.78 is 5.37. The van der Waals surface area contributed by atoms with Gasteiger partial charge >= 0.3 is 6.03 Å². The number of hydrogen-bond acceptors (Lipinski definition) is 5. The Kier molecular flexibility index (Phi) is 7.90. The molecule has 0 spiro atoms. The van der Waals surface area contributed by atoms with Crippen LogP contribution in [0.2, 0.25) is 0 Å². The highest BCUT2D eigenvalue weighted by molar-refractivity contribution is 6.09. The average Bonchev–Trinajstić information content (AvgIpc) is 2.98. The predicted molar refractivity (Wildman–Crippen MR) is 120 cm³/mol. The van der Waals surface area contributed by atoms with Gasteiger partial charge in [-0.15, -0.1) is 0 Å². The third kappa shape index (κ3) is 5.97. The first kappa shape index (κ1) is 23.1. The van der Waals surface area contributed by atoms with Crippen molar-refractivity contribution < 1.29 is 19.1 Å². The van der Waals surface area contributed by atoms with Gasteiger partial charge in [-0.25, -0.2) is 4.79 Å². The average molecular weight is 431 g/mol. The lowest BCUT2D eigenvalue weighted by Crippen LogP contribution is -2.44. The second-order valence-electron chi connectivity index (χ2n) is 8.51. The summed E-state index contributed by atoms with van der Waals surface area (Å²) in [6.07, 6.45) is 5.96. The smallest absolute Gasteiger partial charge is 0.325 e. The van der Waals surface area contributed by atoms with E-state index >= 15 is 0 Å². The largest absolute Gasteiger partial charge is 0.378 e. The van der Waals surface area contributed by atoms with E-state index in [1.54, 1.807) is 6.92 Å². The molecule has 1 aromatic rings. The molecule has 8 heteroatoms. The van der Waals surface area contributed by atoms with Gasteiger partial charge in [0, 0.05) is 24.5 Å². The number of unbranched alkanes of at least 4 members (excludes halogenated alkanes) is 4. The Hall–Kier alpha value is -2.61. The second-order valence-corrected chi connectivity index (χ2v) is 8.51. The van der Waals surface area contributed by atoms with Gasteiger partial charge in [-0.1, -0.05) is 39.0 Å². The summed E-state index contributed by atoms with van der Waals surface area (Å²) in [5.74, 6) is -0.722. The van der Waals surface area contributed by atoms with Crippen LogP contribution in [0.5, 0.6) is 0 Å². The Bertz CT molecular complexity index is 776. The maximum Gasteiger partial charge on any atom is 0.325 e. The molecule has 170 valence electrons. The number of benzene rings is 1. The first-order valence-corrected chi connectivity index (χ1v) is 11.3. The normalized spacial score (nSPS) is 21.4. The summed E-state index contributed by atoms with van der Waals surface area (Å²) in [4.78, 5) is 40.9. The number of nitrogens with one attached hydrogen (secondary N) is 2. The molecule has 31 heavy (non-hydrogen) atoms. The number of carbonyl (C=O) groups excluding carboxylic acids is 3. The van der Waals surface area contributed by atoms with Gasteiger partial charge in [0.1, 0.15) is 12.1 Å². The molecule has 2 saturated heterocycles. The van der Waals surface area contributed by atoms with Crippen molar-refractivity contribution in [3.63, 3.8) is 0 Å². The summed E-state index contributed by atoms with van der Waals surface area (Å²) in [5, 5.41) is 5.55. The number of nitrogens with zero attached hydrogens (tertiary/aromatic N) is 2. The van der Waals surface area contributed by atoms with E-state index in [0.717, 1.165) is 49.4 Å². The maximum atomic E-state index is 12.8. The van der Waals surface area contributed by atoms with E-state index < -0.39 is 17.5 Å². The van der Waals surface area contributed by atoms with Gasteiger partial charge in [0.15, 0.2) is 0 Å². The van der Waals surface area contributed by atoms with Crippen molar-refractivity contribution in [3.05, 3.63) is 24.3 Å². The molecular weight excluding hydrogens is 396 g/mol. The molecule has 1 aromatic carbocycles. The van der Waals surface area contributed by atoms with E-state index in [1.807, 2.05) is 24.3 Å². The summed E-state index contributed by atoms with van der Waals surface area (Å²) in [6.45, 7) is 6.72. The van der Waals surface area contributed by atoms with E-state index in [-0.39, 0.29) is 12.5 Å². The highest BCUT2D eigenvalue weighted by atomic mass is 16.5. The van der Waals surface area contributed by atoms with Gasteiger partial charge in [-0.2, -0.15) is 0 Å². The van der Waals surface area contributed by atoms with Crippen LogP contribution in [0.1, 0.15) is 52.4 Å². The third-order valence-electron chi connectivity index (χ3n) is 5.95. The molecule has 1 atom stereocenters. The predicted octanol–water partition coefficient (Wildman–Crippen LogP) is 3.13. The molecule has 2 N–H and O–H groups in total. The lowest BCUT2D eigenvalue weighted by molar-refractivity contribution is -0.133. The highest BCUT2D eigenvalue weighted by Crippen LogP contribution is 2.24. The van der Waals surface area contributed by atoms with Crippen molar-refractivity contribution in [1.82, 2.24) is 10.2 Å². The van der Waals surface area contributed by atoms with Crippen LogP contribution in [0.15, 0.2) is 24.3 Å². The SMILES string of the molecule is CCCCCCCC1(C)NC(=O)N(CC(=O)Nc2ccc(N3CCOCC3)cc2)C1=O. The zero-order valence-corrected chi connectivity index (χ0v) is 18.6. The van der Waals surface area contributed by atoms with Gasteiger partial charge in [0.25, 0.3) is 5.91 Å². The van der Waals surface area contributed by atoms with Crippen molar-refractivity contribution in [1.29, 1.82) is 0 Å². The fourth-order valence-corrected chi connectivity index (χ4v) is 4.06. The molecule has 2 aliphatic rings. The molecule has 1 unspecified atom stereocenters. The van der Waals surface area contributed by atoms with Crippen LogP contribution in [-0.4, -0.2) is 61.1 Å². The number of hydrogen-bond donors (Lipinski definition) is 2. The summed E-state index contributed by atoms with van der Waals surface area (Å²) >= 11 is 0. The molecule has 3 rings (SSSR count). The van der Waals surface area contributed by atoms with E-state index in [2.05, 4.69) is 22.5 Å². The Morgan fingerprint density at radius 2 is 1.77 bits per heavy atom. The number of urea groups is 1. The van der Waals surface area contributed by atoms with Gasteiger partial charge in [0.05, 0.1) is 13.2 Å². The van der Waals surface area contributed by atoms with Crippen molar-refractivity contribution >= 4 is 29.2 Å². The molecule has 8 nitrogen and oxygen atoms in total. The monoisotopic (exact) mass is 430 g/mol. The molecule has 0 radical (unpaired) electrons. The molecular formula is C23H34N4O4. The number of amides is 4. The van der Waals surface area contributed by atoms with Crippen LogP contribution < -0.4 is 15.5 Å². The van der Waals surface area contributed by atoms with E-state index in [9.17, 15) is 14.4 Å². The third-order valence-corrected chi connectivity index (χ3v) is 5.95. The van der Waals surface area contributed by atoms with Crippen LogP contribution in [0.25, 0.3) is 0 Å². The molecule has 0 saturated carbocycles. The Morgan fingerprint density at radius 1 is 1.10 bits per heavy atom. The molecule has 4 amide bonds. The van der Waals surface area contributed by atoms with Crippen LogP contribution in [0, 0.1) is 0 Å². The summed E-state index contributed by atoms with van der Waals surface area (Å²) in [6, 6.07) is 7.05. The fourth-order valence-electron chi connectivity index (χ4n) is 4.06. The van der Waals surface area contributed by atoms with Crippen LogP contribution in [0.4, 0.5) is 16.2 Å². The minimum atomic E-state index is -0.927. The topological polar surface area (TPSA) is 91.0 Å². The Balaban J connectivity index is 1.50. The number of rotatable bonds is 10. The molecule has 2 fully saturated rings. The highest BCUT2D eigenvalue weighted by Gasteiger charge is 2.47. The number of imide groups is 1. The minimum Gasteiger partial charge on any atom is -0.378 e. The second kappa shape index (κ2) is 10.6. The first-order chi connectivity index (χ1) is 14.9. The number of anilines is 2. The van der Waals surface area contributed by atoms with Crippen molar-refractivity contribution in [2.75, 3.05) is 43.1 Å². The zero-order chi connectivity index (χ0) is 22.3.